The van der Waals surface area contributed by atoms with Crippen molar-refractivity contribution in [3.63, 3.8) is 0 Å². The van der Waals surface area contributed by atoms with Crippen LogP contribution in [0, 0.1) is 0 Å². The predicted molar refractivity (Wildman–Crippen MR) is 97.1 cm³/mol. The Balaban J connectivity index is 1.69. The van der Waals surface area contributed by atoms with Crippen LogP contribution in [0.25, 0.3) is 6.08 Å². The molecule has 0 saturated carbocycles. The molecule has 0 bridgehead atoms. The number of hydrogen-bond acceptors (Lipinski definition) is 4. The van der Waals surface area contributed by atoms with Crippen LogP contribution in [0.4, 0.5) is 0 Å². The minimum Gasteiger partial charge on any atom is -0.485 e. The smallest absolute Gasteiger partial charge is 0.159 e. The molecule has 1 heterocycles. The summed E-state index contributed by atoms with van der Waals surface area (Å²) in [6.07, 6.45) is 2.19. The third-order valence-electron chi connectivity index (χ3n) is 4.04. The molecule has 4 nitrogen and oxygen atoms in total. The molecule has 1 aliphatic heterocycles. The molecule has 0 amide bonds. The van der Waals surface area contributed by atoms with Crippen LogP contribution in [0.1, 0.15) is 22.8 Å². The van der Waals surface area contributed by atoms with E-state index < -0.39 is 12.2 Å². The zero-order valence-electron chi connectivity index (χ0n) is 13.8. The maximum absolute atomic E-state index is 11.3. The van der Waals surface area contributed by atoms with Crippen molar-refractivity contribution in [1.82, 2.24) is 0 Å². The van der Waals surface area contributed by atoms with Crippen LogP contribution in [-0.4, -0.2) is 35.8 Å². The van der Waals surface area contributed by atoms with E-state index in [9.17, 15) is 9.90 Å². The number of aliphatic hydroxyl groups excluding tert-OH is 1. The molecule has 1 fully saturated rings. The van der Waals surface area contributed by atoms with Gasteiger partial charge >= 0.3 is 0 Å². The quantitative estimate of drug-likeness (QED) is 0.827. The number of carbonyl (C=O) groups excluding carboxylic acids is 1. The van der Waals surface area contributed by atoms with Crippen molar-refractivity contribution in [3.8, 4) is 5.75 Å². The van der Waals surface area contributed by atoms with Crippen LogP contribution >= 0.6 is 11.6 Å². The number of hydrogen-bond donors (Lipinski definition) is 1. The first kappa shape index (κ1) is 17.7. The van der Waals surface area contributed by atoms with Crippen molar-refractivity contribution in [2.75, 3.05) is 6.61 Å². The van der Waals surface area contributed by atoms with Gasteiger partial charge in [-0.25, -0.2) is 0 Å². The largest absolute Gasteiger partial charge is 0.485 e. The summed E-state index contributed by atoms with van der Waals surface area (Å²) in [4.78, 5) is 11.3. The summed E-state index contributed by atoms with van der Waals surface area (Å²) in [6, 6.07) is 14.3. The Hall–Kier alpha value is -2.14. The molecule has 0 spiro atoms. The first-order chi connectivity index (χ1) is 12.0. The van der Waals surface area contributed by atoms with E-state index in [0.29, 0.717) is 16.3 Å². The van der Waals surface area contributed by atoms with Gasteiger partial charge in [0.1, 0.15) is 18.0 Å². The Morgan fingerprint density at radius 2 is 1.88 bits per heavy atom. The van der Waals surface area contributed by atoms with E-state index in [1.54, 1.807) is 24.3 Å². The van der Waals surface area contributed by atoms with Crippen molar-refractivity contribution in [2.45, 2.75) is 25.2 Å². The zero-order chi connectivity index (χ0) is 17.8. The van der Waals surface area contributed by atoms with Crippen LogP contribution in [0.15, 0.2) is 54.6 Å². The molecule has 3 rings (SSSR count). The highest BCUT2D eigenvalue weighted by Crippen LogP contribution is 2.24. The first-order valence-electron chi connectivity index (χ1n) is 8.04. The SMILES string of the molecule is CC(=O)c1ccc(OC2C(O)COC2/C=C/c2ccc(Cl)cc2)cc1. The highest BCUT2D eigenvalue weighted by atomic mass is 35.5. The first-order valence-corrected chi connectivity index (χ1v) is 8.42. The van der Waals surface area contributed by atoms with Crippen molar-refractivity contribution in [3.05, 3.63) is 70.8 Å². The lowest BCUT2D eigenvalue weighted by Gasteiger charge is -2.20. The Labute approximate surface area is 151 Å². The summed E-state index contributed by atoms with van der Waals surface area (Å²) >= 11 is 5.88. The lowest BCUT2D eigenvalue weighted by molar-refractivity contribution is 0.0612. The van der Waals surface area contributed by atoms with Gasteiger partial charge in [-0.05, 0) is 48.9 Å². The molecule has 1 N–H and O–H groups in total. The van der Waals surface area contributed by atoms with E-state index in [1.807, 2.05) is 36.4 Å². The second-order valence-electron chi connectivity index (χ2n) is 5.94. The summed E-state index contributed by atoms with van der Waals surface area (Å²) < 4.78 is 11.5. The van der Waals surface area contributed by atoms with Gasteiger partial charge in [-0.1, -0.05) is 35.9 Å². The average molecular weight is 359 g/mol. The summed E-state index contributed by atoms with van der Waals surface area (Å²) in [5, 5.41) is 10.8. The van der Waals surface area contributed by atoms with Gasteiger partial charge < -0.3 is 14.6 Å². The zero-order valence-corrected chi connectivity index (χ0v) is 14.5. The van der Waals surface area contributed by atoms with E-state index in [4.69, 9.17) is 21.1 Å². The summed E-state index contributed by atoms with van der Waals surface area (Å²) in [6.45, 7) is 1.73. The number of aliphatic hydroxyl groups is 1. The number of halogens is 1. The van der Waals surface area contributed by atoms with Crippen molar-refractivity contribution >= 4 is 23.5 Å². The summed E-state index contributed by atoms with van der Waals surface area (Å²) in [5.74, 6) is 0.587. The number of carbonyl (C=O) groups is 1. The number of Topliss-reactive ketones (excluding diaryl/α,β-unsaturated/α-hetero) is 1. The number of ketones is 1. The minimum absolute atomic E-state index is 0.000409. The van der Waals surface area contributed by atoms with Gasteiger partial charge in [-0.3, -0.25) is 4.79 Å². The fourth-order valence-corrected chi connectivity index (χ4v) is 2.76. The number of ether oxygens (including phenoxy) is 2. The van der Waals surface area contributed by atoms with Gasteiger partial charge in [-0.2, -0.15) is 0 Å². The molecule has 3 atom stereocenters. The molecule has 1 saturated heterocycles. The fraction of sp³-hybridized carbons (Fsp3) is 0.250. The molecule has 0 aliphatic carbocycles. The van der Waals surface area contributed by atoms with Crippen LogP contribution in [0.3, 0.4) is 0 Å². The molecule has 0 radical (unpaired) electrons. The van der Waals surface area contributed by atoms with Crippen LogP contribution in [-0.2, 0) is 4.74 Å². The van der Waals surface area contributed by atoms with Crippen LogP contribution in [0.2, 0.25) is 5.02 Å². The Kier molecular flexibility index (Phi) is 5.53. The van der Waals surface area contributed by atoms with E-state index in [0.717, 1.165) is 5.56 Å². The van der Waals surface area contributed by atoms with Gasteiger partial charge in [0.05, 0.1) is 6.61 Å². The van der Waals surface area contributed by atoms with E-state index in [1.165, 1.54) is 6.92 Å². The van der Waals surface area contributed by atoms with E-state index >= 15 is 0 Å². The maximum Gasteiger partial charge on any atom is 0.159 e. The number of benzene rings is 2. The van der Waals surface area contributed by atoms with Crippen molar-refractivity contribution < 1.29 is 19.4 Å². The monoisotopic (exact) mass is 358 g/mol. The standard InChI is InChI=1S/C20H19ClO4/c1-13(22)15-5-9-17(10-6-15)25-20-18(23)12-24-19(20)11-4-14-2-7-16(21)8-3-14/h2-11,18-20,23H,12H2,1H3/b11-4+. The molecule has 130 valence electrons. The van der Waals surface area contributed by atoms with E-state index in [2.05, 4.69) is 0 Å². The van der Waals surface area contributed by atoms with Gasteiger partial charge in [0, 0.05) is 10.6 Å². The lowest BCUT2D eigenvalue weighted by Crippen LogP contribution is -2.34. The van der Waals surface area contributed by atoms with Crippen molar-refractivity contribution in [1.29, 1.82) is 0 Å². The summed E-state index contributed by atoms with van der Waals surface area (Å²) in [7, 11) is 0. The molecule has 2 aromatic carbocycles. The highest BCUT2D eigenvalue weighted by molar-refractivity contribution is 6.30. The molecular formula is C20H19ClO4. The second-order valence-corrected chi connectivity index (χ2v) is 6.38. The van der Waals surface area contributed by atoms with Gasteiger partial charge in [0.2, 0.25) is 0 Å². The predicted octanol–water partition coefficient (Wildman–Crippen LogP) is 3.76. The van der Waals surface area contributed by atoms with Crippen LogP contribution < -0.4 is 4.74 Å². The molecule has 0 aromatic heterocycles. The fourth-order valence-electron chi connectivity index (χ4n) is 2.63. The number of rotatable bonds is 5. The average Bonchev–Trinajstić information content (AvgIpc) is 2.95. The third kappa shape index (κ3) is 4.48. The van der Waals surface area contributed by atoms with E-state index in [-0.39, 0.29) is 18.5 Å². The lowest BCUT2D eigenvalue weighted by atomic mass is 10.1. The second kappa shape index (κ2) is 7.83. The van der Waals surface area contributed by atoms with Crippen molar-refractivity contribution in [2.24, 2.45) is 0 Å². The highest BCUT2D eigenvalue weighted by Gasteiger charge is 2.36. The summed E-state index contributed by atoms with van der Waals surface area (Å²) in [5.41, 5.74) is 1.61. The Morgan fingerprint density at radius 1 is 1.20 bits per heavy atom. The molecule has 1 aliphatic rings. The van der Waals surface area contributed by atoms with Gasteiger partial charge in [0.15, 0.2) is 11.9 Å². The Morgan fingerprint density at radius 3 is 2.52 bits per heavy atom. The molecule has 5 heteroatoms. The maximum atomic E-state index is 11.3. The molecule has 3 unspecified atom stereocenters. The van der Waals surface area contributed by atoms with Crippen LogP contribution in [0.5, 0.6) is 5.75 Å². The normalized spacial score (nSPS) is 23.1. The van der Waals surface area contributed by atoms with Gasteiger partial charge in [-0.15, -0.1) is 0 Å². The van der Waals surface area contributed by atoms with Gasteiger partial charge in [0.25, 0.3) is 0 Å². The molecule has 2 aromatic rings. The topological polar surface area (TPSA) is 55.8 Å². The molecular weight excluding hydrogens is 340 g/mol. The molecule has 25 heavy (non-hydrogen) atoms. The Bertz CT molecular complexity index is 752. The minimum atomic E-state index is -0.715. The third-order valence-corrected chi connectivity index (χ3v) is 4.30.